The van der Waals surface area contributed by atoms with Gasteiger partial charge >= 0.3 is 0 Å². The van der Waals surface area contributed by atoms with Crippen molar-refractivity contribution in [3.63, 3.8) is 0 Å². The van der Waals surface area contributed by atoms with Crippen molar-refractivity contribution in [1.29, 1.82) is 0 Å². The summed E-state index contributed by atoms with van der Waals surface area (Å²) < 4.78 is 0. The minimum atomic E-state index is 0.274. The molecule has 0 atom stereocenters. The molecule has 3 N–H and O–H groups in total. The molecule has 3 nitrogen and oxygen atoms in total. The van der Waals surface area contributed by atoms with Crippen molar-refractivity contribution in [1.82, 2.24) is 0 Å². The van der Waals surface area contributed by atoms with Crippen LogP contribution in [0.15, 0.2) is 47.5 Å². The van der Waals surface area contributed by atoms with E-state index in [4.69, 9.17) is 5.73 Å². The zero-order valence-electron chi connectivity index (χ0n) is 11.6. The van der Waals surface area contributed by atoms with Gasteiger partial charge in [0.25, 0.3) is 0 Å². The van der Waals surface area contributed by atoms with Gasteiger partial charge < -0.3 is 10.8 Å². The third kappa shape index (κ3) is 3.78. The number of para-hydroxylation sites is 1. The molecule has 0 radical (unpaired) electrons. The lowest BCUT2D eigenvalue weighted by molar-refractivity contribution is 0.475. The maximum atomic E-state index is 9.23. The van der Waals surface area contributed by atoms with Gasteiger partial charge in [0, 0.05) is 5.75 Å². The Morgan fingerprint density at radius 2 is 1.70 bits per heavy atom. The molecule has 0 amide bonds. The van der Waals surface area contributed by atoms with Crippen LogP contribution in [-0.2, 0) is 5.75 Å². The van der Waals surface area contributed by atoms with Crippen LogP contribution in [0.5, 0.6) is 5.75 Å². The number of hydrogen-bond acceptors (Lipinski definition) is 3. The van der Waals surface area contributed by atoms with Crippen LogP contribution < -0.4 is 5.73 Å². The topological polar surface area (TPSA) is 58.6 Å². The molecule has 0 unspecified atom stereocenters. The Morgan fingerprint density at radius 3 is 2.30 bits per heavy atom. The predicted octanol–water partition coefficient (Wildman–Crippen LogP) is 3.89. The molecule has 0 fully saturated rings. The van der Waals surface area contributed by atoms with Crippen LogP contribution in [0.1, 0.15) is 16.7 Å². The van der Waals surface area contributed by atoms with E-state index in [1.54, 1.807) is 12.1 Å². The molecule has 0 bridgehead atoms. The van der Waals surface area contributed by atoms with E-state index in [1.165, 1.54) is 11.8 Å². The van der Waals surface area contributed by atoms with Crippen LogP contribution >= 0.6 is 11.8 Å². The zero-order valence-corrected chi connectivity index (χ0v) is 12.4. The molecule has 2 rings (SSSR count). The first-order valence-corrected chi connectivity index (χ1v) is 7.36. The van der Waals surface area contributed by atoms with Crippen LogP contribution in [0.4, 0.5) is 5.69 Å². The number of nitrogens with zero attached hydrogens (tertiary/aromatic N) is 1. The Kier molecular flexibility index (Phi) is 4.69. The Hall–Kier alpha value is -1.94. The van der Waals surface area contributed by atoms with Crippen molar-refractivity contribution in [2.45, 2.75) is 19.6 Å². The predicted molar refractivity (Wildman–Crippen MR) is 86.6 cm³/mol. The second-order valence-corrected chi connectivity index (χ2v) is 5.64. The number of benzene rings is 2. The smallest absolute Gasteiger partial charge is 0.159 e. The SMILES string of the molecule is Cc1cccc(C)c1N=C(N)SCc1ccc(O)cc1. The third-order valence-electron chi connectivity index (χ3n) is 2.98. The normalized spacial score (nSPS) is 11.6. The average molecular weight is 286 g/mol. The molecule has 2 aromatic carbocycles. The zero-order chi connectivity index (χ0) is 14.5. The number of nitrogens with two attached hydrogens (primary N) is 1. The van der Waals surface area contributed by atoms with E-state index in [0.29, 0.717) is 5.17 Å². The molecule has 104 valence electrons. The number of thioether (sulfide) groups is 1. The minimum absolute atomic E-state index is 0.274. The van der Waals surface area contributed by atoms with Crippen LogP contribution in [-0.4, -0.2) is 10.3 Å². The van der Waals surface area contributed by atoms with E-state index in [-0.39, 0.29) is 5.75 Å². The maximum absolute atomic E-state index is 9.23. The highest BCUT2D eigenvalue weighted by atomic mass is 32.2. The van der Waals surface area contributed by atoms with Crippen molar-refractivity contribution < 1.29 is 5.11 Å². The average Bonchev–Trinajstić information content (AvgIpc) is 2.42. The summed E-state index contributed by atoms with van der Waals surface area (Å²) in [6.45, 7) is 4.06. The monoisotopic (exact) mass is 286 g/mol. The first-order chi connectivity index (χ1) is 9.56. The summed E-state index contributed by atoms with van der Waals surface area (Å²) in [5.74, 6) is 1.01. The quantitative estimate of drug-likeness (QED) is 0.665. The van der Waals surface area contributed by atoms with Gasteiger partial charge in [-0.25, -0.2) is 4.99 Å². The first kappa shape index (κ1) is 14.5. The second-order valence-electron chi connectivity index (χ2n) is 4.65. The van der Waals surface area contributed by atoms with Gasteiger partial charge in [-0.2, -0.15) is 0 Å². The fraction of sp³-hybridized carbons (Fsp3) is 0.188. The number of hydrogen-bond donors (Lipinski definition) is 2. The van der Waals surface area contributed by atoms with Crippen molar-refractivity contribution in [2.75, 3.05) is 0 Å². The summed E-state index contributed by atoms with van der Waals surface area (Å²) in [6, 6.07) is 13.2. The molecular formula is C16H18N2OS. The van der Waals surface area contributed by atoms with E-state index in [9.17, 15) is 5.11 Å². The van der Waals surface area contributed by atoms with Crippen LogP contribution in [0.2, 0.25) is 0 Å². The second kappa shape index (κ2) is 6.48. The molecule has 2 aromatic rings. The summed E-state index contributed by atoms with van der Waals surface area (Å²) in [4.78, 5) is 4.50. The van der Waals surface area contributed by atoms with Gasteiger partial charge in [0.2, 0.25) is 0 Å². The van der Waals surface area contributed by atoms with Gasteiger partial charge in [-0.3, -0.25) is 0 Å². The van der Waals surface area contributed by atoms with Gasteiger partial charge in [0.15, 0.2) is 5.17 Å². The molecule has 0 aliphatic carbocycles. The summed E-state index contributed by atoms with van der Waals surface area (Å²) in [5, 5.41) is 9.79. The van der Waals surface area contributed by atoms with Gasteiger partial charge in [-0.15, -0.1) is 0 Å². The van der Waals surface area contributed by atoms with Crippen LogP contribution in [0.25, 0.3) is 0 Å². The fourth-order valence-electron chi connectivity index (χ4n) is 1.87. The molecular weight excluding hydrogens is 268 g/mol. The maximum Gasteiger partial charge on any atom is 0.159 e. The Bertz CT molecular complexity index is 601. The first-order valence-electron chi connectivity index (χ1n) is 6.37. The van der Waals surface area contributed by atoms with Crippen molar-refractivity contribution in [2.24, 2.45) is 10.7 Å². The van der Waals surface area contributed by atoms with Gasteiger partial charge in [0.05, 0.1) is 5.69 Å². The summed E-state index contributed by atoms with van der Waals surface area (Å²) in [6.07, 6.45) is 0. The molecule has 4 heteroatoms. The van der Waals surface area contributed by atoms with Gasteiger partial charge in [0.1, 0.15) is 5.75 Å². The molecule has 0 aliphatic rings. The molecule has 0 saturated carbocycles. The van der Waals surface area contributed by atoms with Crippen molar-refractivity contribution >= 4 is 22.6 Å². The summed E-state index contributed by atoms with van der Waals surface area (Å²) in [5.41, 5.74) is 10.3. The van der Waals surface area contributed by atoms with Crippen molar-refractivity contribution in [3.05, 3.63) is 59.2 Å². The number of rotatable bonds is 3. The van der Waals surface area contributed by atoms with Gasteiger partial charge in [-0.1, -0.05) is 42.1 Å². The molecule has 20 heavy (non-hydrogen) atoms. The van der Waals surface area contributed by atoms with Crippen LogP contribution in [0, 0.1) is 13.8 Å². The van der Waals surface area contributed by atoms with Crippen LogP contribution in [0.3, 0.4) is 0 Å². The molecule has 0 aromatic heterocycles. The minimum Gasteiger partial charge on any atom is -0.508 e. The highest BCUT2D eigenvalue weighted by Gasteiger charge is 2.03. The number of aliphatic imine (C=N–C) groups is 1. The number of phenols is 1. The highest BCUT2D eigenvalue weighted by molar-refractivity contribution is 8.13. The standard InChI is InChI=1S/C16H18N2OS/c1-11-4-3-5-12(2)15(11)18-16(17)20-10-13-6-8-14(19)9-7-13/h3-9,19H,10H2,1-2H3,(H2,17,18). The van der Waals surface area contributed by atoms with E-state index < -0.39 is 0 Å². The number of aryl methyl sites for hydroxylation is 2. The highest BCUT2D eigenvalue weighted by Crippen LogP contribution is 2.25. The lowest BCUT2D eigenvalue weighted by Gasteiger charge is -2.06. The van der Waals surface area contributed by atoms with Crippen molar-refractivity contribution in [3.8, 4) is 5.75 Å². The molecule has 0 saturated heterocycles. The number of amidine groups is 1. The summed E-state index contributed by atoms with van der Waals surface area (Å²) >= 11 is 1.49. The fourth-order valence-corrected chi connectivity index (χ4v) is 2.54. The van der Waals surface area contributed by atoms with E-state index in [0.717, 1.165) is 28.1 Å². The van der Waals surface area contributed by atoms with Gasteiger partial charge in [-0.05, 0) is 42.7 Å². The lowest BCUT2D eigenvalue weighted by atomic mass is 10.1. The Morgan fingerprint density at radius 1 is 1.10 bits per heavy atom. The molecule has 0 spiro atoms. The Balaban J connectivity index is 2.06. The summed E-state index contributed by atoms with van der Waals surface area (Å²) in [7, 11) is 0. The molecule has 0 aliphatic heterocycles. The third-order valence-corrected chi connectivity index (χ3v) is 3.85. The Labute approximate surface area is 123 Å². The van der Waals surface area contributed by atoms with E-state index in [2.05, 4.69) is 4.99 Å². The van der Waals surface area contributed by atoms with E-state index >= 15 is 0 Å². The van der Waals surface area contributed by atoms with E-state index in [1.807, 2.05) is 44.2 Å². The number of aromatic hydroxyl groups is 1. The molecule has 0 heterocycles. The lowest BCUT2D eigenvalue weighted by Crippen LogP contribution is -2.06. The number of phenolic OH excluding ortho intramolecular Hbond substituents is 1. The largest absolute Gasteiger partial charge is 0.508 e.